The zero-order valence-electron chi connectivity index (χ0n) is 11.6. The topological polar surface area (TPSA) is 54.4 Å². The normalized spacial score (nSPS) is 11.0. The maximum absolute atomic E-state index is 10.5. The second kappa shape index (κ2) is 9.04. The Labute approximate surface area is 119 Å². The van der Waals surface area contributed by atoms with Crippen LogP contribution in [-0.4, -0.2) is 35.7 Å². The van der Waals surface area contributed by atoms with Crippen LogP contribution in [0.3, 0.4) is 0 Å². The molecule has 0 aliphatic carbocycles. The van der Waals surface area contributed by atoms with Gasteiger partial charge in [-0.25, -0.2) is 0 Å². The van der Waals surface area contributed by atoms with E-state index in [1.54, 1.807) is 24.1 Å². The standard InChI is InChI=1S/C7H8O3S.3C2H5.Pb/c1-6-2-4-7(5-3-6)11(8,9)10;3*1-2;/h2-5H,1H3,(H,8,9,10);3*1H2,2H3;. The average Bonchev–Trinajstić information content (AvgIpc) is 2.31. The first kappa shape index (κ1) is 18.1. The maximum Gasteiger partial charge on any atom is 0.294 e. The zero-order chi connectivity index (χ0) is 14.2. The fourth-order valence-corrected chi connectivity index (χ4v) is 7.77. The zero-order valence-corrected chi connectivity index (χ0v) is 16.3. The van der Waals surface area contributed by atoms with E-state index >= 15 is 0 Å². The van der Waals surface area contributed by atoms with Crippen LogP contribution in [0.2, 0.25) is 11.9 Å². The molecule has 0 saturated heterocycles. The molecule has 0 aliphatic heterocycles. The molecule has 1 aromatic carbocycles. The van der Waals surface area contributed by atoms with Crippen LogP contribution < -0.4 is 0 Å². The Hall–Kier alpha value is 0.0521. The Morgan fingerprint density at radius 1 is 1.00 bits per heavy atom. The van der Waals surface area contributed by atoms with Gasteiger partial charge in [-0.3, -0.25) is 4.55 Å². The number of hydrogen-bond acceptors (Lipinski definition) is 2. The van der Waals surface area contributed by atoms with Crippen LogP contribution in [-0.2, 0) is 10.1 Å². The number of hydrogen-bond donors (Lipinski definition) is 1. The third-order valence-electron chi connectivity index (χ3n) is 2.82. The molecular formula is C13H23O3PbS. The van der Waals surface area contributed by atoms with E-state index in [2.05, 4.69) is 20.8 Å². The van der Waals surface area contributed by atoms with Crippen molar-refractivity contribution in [1.82, 2.24) is 0 Å². The minimum absolute atomic E-state index is 0.0666. The molecule has 1 radical (unpaired) electrons. The Balaban J connectivity index is 0.000000360. The van der Waals surface area contributed by atoms with Crippen molar-refractivity contribution < 1.29 is 13.0 Å². The van der Waals surface area contributed by atoms with E-state index in [1.807, 2.05) is 6.92 Å². The monoisotopic (exact) mass is 467 g/mol. The molecule has 0 unspecified atom stereocenters. The Kier molecular flexibility index (Phi) is 9.06. The van der Waals surface area contributed by atoms with Crippen molar-refractivity contribution in [2.24, 2.45) is 0 Å². The smallest absolute Gasteiger partial charge is 0.282 e. The van der Waals surface area contributed by atoms with Gasteiger partial charge in [0.1, 0.15) is 0 Å². The van der Waals surface area contributed by atoms with Crippen molar-refractivity contribution in [3.05, 3.63) is 29.8 Å². The van der Waals surface area contributed by atoms with Gasteiger partial charge >= 0.3 is 55.4 Å². The maximum atomic E-state index is 10.5. The predicted molar refractivity (Wildman–Crippen MR) is 78.2 cm³/mol. The first-order valence-electron chi connectivity index (χ1n) is 6.22. The summed E-state index contributed by atoms with van der Waals surface area (Å²) in [4.78, 5) is -0.0666. The summed E-state index contributed by atoms with van der Waals surface area (Å²) in [7, 11) is -4.02. The van der Waals surface area contributed by atoms with Gasteiger partial charge in [-0.1, -0.05) is 17.7 Å². The van der Waals surface area contributed by atoms with E-state index in [1.165, 1.54) is 12.1 Å². The first-order valence-corrected chi connectivity index (χ1v) is 15.9. The van der Waals surface area contributed by atoms with E-state index in [9.17, 15) is 8.42 Å². The third-order valence-corrected chi connectivity index (χ3v) is 15.3. The molecule has 3 nitrogen and oxygen atoms in total. The molecule has 1 N–H and O–H groups in total. The predicted octanol–water partition coefficient (Wildman–Crippen LogP) is 3.78. The molecule has 0 amide bonds. The van der Waals surface area contributed by atoms with Gasteiger partial charge < -0.3 is 0 Å². The molecule has 0 aliphatic rings. The van der Waals surface area contributed by atoms with Gasteiger partial charge in [-0.05, 0) is 19.1 Å². The molecule has 0 saturated carbocycles. The van der Waals surface area contributed by atoms with Crippen LogP contribution in [0.15, 0.2) is 29.2 Å². The van der Waals surface area contributed by atoms with Crippen LogP contribution in [0.1, 0.15) is 26.3 Å². The van der Waals surface area contributed by atoms with Crippen molar-refractivity contribution in [2.75, 3.05) is 0 Å². The number of rotatable bonds is 4. The van der Waals surface area contributed by atoms with E-state index < -0.39 is 32.8 Å². The Bertz CT molecular complexity index is 417. The SMILES string of the molecule is C[CH2][Pb]([CH2]C)[CH2]C.Cc1ccc(S(=O)(=O)O)cc1. The largest absolute Gasteiger partial charge is 0.294 e. The average molecular weight is 467 g/mol. The van der Waals surface area contributed by atoms with Gasteiger partial charge in [0.15, 0.2) is 0 Å². The molecule has 0 fully saturated rings. The molecule has 5 heteroatoms. The minimum atomic E-state index is -4.02. The summed E-state index contributed by atoms with van der Waals surface area (Å²) in [5.74, 6) is 0. The molecule has 18 heavy (non-hydrogen) atoms. The summed E-state index contributed by atoms with van der Waals surface area (Å²) < 4.78 is 34.3. The fraction of sp³-hybridized carbons (Fsp3) is 0.538. The Morgan fingerprint density at radius 2 is 1.39 bits per heavy atom. The fourth-order valence-electron chi connectivity index (χ4n) is 1.46. The molecule has 1 rings (SSSR count). The summed E-state index contributed by atoms with van der Waals surface area (Å²) in [6, 6.07) is 5.99. The molecular weight excluding hydrogens is 443 g/mol. The van der Waals surface area contributed by atoms with E-state index in [4.69, 9.17) is 4.55 Å². The van der Waals surface area contributed by atoms with Crippen molar-refractivity contribution in [1.29, 1.82) is 0 Å². The van der Waals surface area contributed by atoms with E-state index in [-0.39, 0.29) is 4.90 Å². The Morgan fingerprint density at radius 3 is 1.61 bits per heavy atom. The second-order valence-electron chi connectivity index (χ2n) is 4.10. The van der Waals surface area contributed by atoms with Crippen LogP contribution in [0.4, 0.5) is 0 Å². The third kappa shape index (κ3) is 7.48. The second-order valence-corrected chi connectivity index (χ2v) is 19.6. The molecule has 0 bridgehead atoms. The summed E-state index contributed by atoms with van der Waals surface area (Å²) in [5, 5.41) is 0. The van der Waals surface area contributed by atoms with Crippen molar-refractivity contribution in [3.63, 3.8) is 0 Å². The molecule has 0 atom stereocenters. The molecule has 0 heterocycles. The molecule has 0 aromatic heterocycles. The van der Waals surface area contributed by atoms with E-state index in [0.717, 1.165) is 5.56 Å². The number of benzene rings is 1. The van der Waals surface area contributed by atoms with Gasteiger partial charge in [0, 0.05) is 0 Å². The summed E-state index contributed by atoms with van der Waals surface area (Å²) in [6.07, 6.45) is 0. The van der Waals surface area contributed by atoms with Crippen molar-refractivity contribution in [3.8, 4) is 0 Å². The quantitative estimate of drug-likeness (QED) is 0.543. The molecule has 1 aromatic rings. The van der Waals surface area contributed by atoms with Crippen molar-refractivity contribution >= 4 is 32.8 Å². The van der Waals surface area contributed by atoms with Crippen LogP contribution in [0, 0.1) is 6.92 Å². The summed E-state index contributed by atoms with van der Waals surface area (Å²) in [5.41, 5.74) is 0.956. The van der Waals surface area contributed by atoms with Gasteiger partial charge in [0.05, 0.1) is 4.90 Å². The van der Waals surface area contributed by atoms with Gasteiger partial charge in [0.25, 0.3) is 10.1 Å². The van der Waals surface area contributed by atoms with Gasteiger partial charge in [-0.15, -0.1) is 0 Å². The van der Waals surface area contributed by atoms with Crippen LogP contribution in [0.25, 0.3) is 0 Å². The van der Waals surface area contributed by atoms with E-state index in [0.29, 0.717) is 0 Å². The molecule has 103 valence electrons. The first-order chi connectivity index (χ1) is 8.35. The van der Waals surface area contributed by atoms with Crippen LogP contribution in [0.5, 0.6) is 0 Å². The summed E-state index contributed by atoms with van der Waals surface area (Å²) >= 11 is -0.789. The van der Waals surface area contributed by atoms with Crippen LogP contribution >= 0.6 is 0 Å². The summed E-state index contributed by atoms with van der Waals surface area (Å²) in [6.45, 7) is 8.91. The van der Waals surface area contributed by atoms with Gasteiger partial charge in [-0.2, -0.15) is 8.42 Å². The minimum Gasteiger partial charge on any atom is -0.282 e. The number of aryl methyl sites for hydroxylation is 1. The molecule has 0 spiro atoms. The van der Waals surface area contributed by atoms with Gasteiger partial charge in [0.2, 0.25) is 0 Å². The van der Waals surface area contributed by atoms with Crippen molar-refractivity contribution in [2.45, 2.75) is 44.5 Å².